The van der Waals surface area contributed by atoms with Crippen molar-refractivity contribution in [1.82, 2.24) is 9.55 Å². The number of hydrogen-bond donors (Lipinski definition) is 1. The molecule has 1 aliphatic rings. The monoisotopic (exact) mass is 472 g/mol. The van der Waals surface area contributed by atoms with E-state index < -0.39 is 17.1 Å². The molecule has 3 aromatic rings. The molecule has 2 heterocycles. The molecule has 0 spiro atoms. The molecular weight excluding hydrogens is 448 g/mol. The van der Waals surface area contributed by atoms with Crippen LogP contribution in [0.5, 0.6) is 11.5 Å². The number of allylic oxidation sites excluding steroid dienone is 1. The molecule has 0 aliphatic carbocycles. The maximum absolute atomic E-state index is 13.9. The number of nitrogens with one attached hydrogen (secondary N) is 1. The van der Waals surface area contributed by atoms with Crippen LogP contribution in [0.1, 0.15) is 25.0 Å². The zero-order valence-corrected chi connectivity index (χ0v) is 19.8. The lowest BCUT2D eigenvalue weighted by Crippen LogP contribution is -2.52. The van der Waals surface area contributed by atoms with E-state index in [4.69, 9.17) is 14.2 Å². The molecule has 0 saturated carbocycles. The molecule has 1 atom stereocenters. The number of hydrogen-bond acceptors (Lipinski definition) is 8. The van der Waals surface area contributed by atoms with Gasteiger partial charge in [0.2, 0.25) is 5.95 Å². The van der Waals surface area contributed by atoms with Gasteiger partial charge >= 0.3 is 5.97 Å². The summed E-state index contributed by atoms with van der Waals surface area (Å²) in [6, 6.07) is 15.6. The molecule has 1 aromatic heterocycles. The third-order valence-corrected chi connectivity index (χ3v) is 5.76. The minimum atomic E-state index is -1.68. The van der Waals surface area contributed by atoms with Gasteiger partial charge in [-0.05, 0) is 61.9 Å². The molecular formula is C26H24N4O5. The van der Waals surface area contributed by atoms with Gasteiger partial charge in [0, 0.05) is 11.3 Å². The second-order valence-electron chi connectivity index (χ2n) is 7.81. The second-order valence-corrected chi connectivity index (χ2v) is 7.81. The Kier molecular flexibility index (Phi) is 6.30. The minimum absolute atomic E-state index is 0.101. The van der Waals surface area contributed by atoms with E-state index in [-0.39, 0.29) is 23.8 Å². The Labute approximate surface area is 202 Å². The van der Waals surface area contributed by atoms with Crippen molar-refractivity contribution in [2.24, 2.45) is 0 Å². The number of nitriles is 1. The van der Waals surface area contributed by atoms with Crippen LogP contribution in [-0.4, -0.2) is 36.3 Å². The van der Waals surface area contributed by atoms with Crippen LogP contribution < -0.4 is 20.3 Å². The average molecular weight is 473 g/mol. The SMILES string of the molecule is CCOC(=O)C1(c2ccc(OC)cc2)C=C(C)Nc2nc(-c3ccc(OC)cc3)c(C#N)c(=O)n21. The minimum Gasteiger partial charge on any atom is -0.497 e. The Morgan fingerprint density at radius 3 is 2.23 bits per heavy atom. The molecule has 1 unspecified atom stereocenters. The number of rotatable bonds is 6. The first kappa shape index (κ1) is 23.6. The van der Waals surface area contributed by atoms with Gasteiger partial charge in [-0.15, -0.1) is 0 Å². The maximum atomic E-state index is 13.9. The van der Waals surface area contributed by atoms with E-state index in [0.29, 0.717) is 28.3 Å². The molecule has 9 heteroatoms. The van der Waals surface area contributed by atoms with Crippen LogP contribution in [0, 0.1) is 11.3 Å². The topological polar surface area (TPSA) is 115 Å². The van der Waals surface area contributed by atoms with Crippen molar-refractivity contribution >= 4 is 11.9 Å². The van der Waals surface area contributed by atoms with E-state index in [1.165, 1.54) is 11.7 Å². The highest BCUT2D eigenvalue weighted by molar-refractivity contribution is 5.88. The fraction of sp³-hybridized carbons (Fsp3) is 0.231. The summed E-state index contributed by atoms with van der Waals surface area (Å²) in [5, 5.41) is 13.0. The van der Waals surface area contributed by atoms with Crippen molar-refractivity contribution in [2.75, 3.05) is 26.1 Å². The lowest BCUT2D eigenvalue weighted by atomic mass is 9.86. The summed E-state index contributed by atoms with van der Waals surface area (Å²) >= 11 is 0. The Bertz CT molecular complexity index is 1400. The van der Waals surface area contributed by atoms with Crippen LogP contribution in [0.15, 0.2) is 65.1 Å². The number of benzene rings is 2. The van der Waals surface area contributed by atoms with Crippen molar-refractivity contribution < 1.29 is 19.0 Å². The van der Waals surface area contributed by atoms with Crippen LogP contribution in [-0.2, 0) is 15.1 Å². The van der Waals surface area contributed by atoms with Gasteiger partial charge in [0.05, 0.1) is 26.5 Å². The van der Waals surface area contributed by atoms with E-state index in [9.17, 15) is 14.9 Å². The first-order valence-electron chi connectivity index (χ1n) is 10.9. The highest BCUT2D eigenvalue weighted by Crippen LogP contribution is 2.37. The quantitative estimate of drug-likeness (QED) is 0.543. The number of aromatic nitrogens is 2. The Hall–Kier alpha value is -4.58. The normalized spacial score (nSPS) is 16.3. The van der Waals surface area contributed by atoms with Crippen LogP contribution in [0.4, 0.5) is 5.95 Å². The number of ether oxygens (including phenoxy) is 3. The van der Waals surface area contributed by atoms with Gasteiger partial charge in [-0.3, -0.25) is 9.36 Å². The van der Waals surface area contributed by atoms with Crippen molar-refractivity contribution in [3.05, 3.63) is 81.8 Å². The smallest absolute Gasteiger partial charge is 0.341 e. The molecule has 0 bridgehead atoms. The number of nitrogens with zero attached hydrogens (tertiary/aromatic N) is 3. The van der Waals surface area contributed by atoms with Gasteiger partial charge in [0.1, 0.15) is 23.1 Å². The second kappa shape index (κ2) is 9.35. The van der Waals surface area contributed by atoms with E-state index in [2.05, 4.69) is 10.3 Å². The van der Waals surface area contributed by atoms with Crippen LogP contribution in [0.25, 0.3) is 11.3 Å². The molecule has 35 heavy (non-hydrogen) atoms. The van der Waals surface area contributed by atoms with Crippen molar-refractivity contribution in [1.29, 1.82) is 5.26 Å². The first-order chi connectivity index (χ1) is 16.9. The fourth-order valence-corrected chi connectivity index (χ4v) is 4.15. The Morgan fingerprint density at radius 1 is 1.09 bits per heavy atom. The van der Waals surface area contributed by atoms with Crippen LogP contribution >= 0.6 is 0 Å². The van der Waals surface area contributed by atoms with Crippen molar-refractivity contribution in [3.63, 3.8) is 0 Å². The number of carbonyl (C=O) groups excluding carboxylic acids is 1. The largest absolute Gasteiger partial charge is 0.497 e. The van der Waals surface area contributed by atoms with Gasteiger partial charge in [0.15, 0.2) is 5.54 Å². The van der Waals surface area contributed by atoms with E-state index in [1.54, 1.807) is 75.6 Å². The summed E-state index contributed by atoms with van der Waals surface area (Å²) in [5.41, 5.74) is -0.750. The van der Waals surface area contributed by atoms with Crippen LogP contribution in [0.2, 0.25) is 0 Å². The summed E-state index contributed by atoms with van der Waals surface area (Å²) in [5.74, 6) is 0.654. The predicted molar refractivity (Wildman–Crippen MR) is 129 cm³/mol. The van der Waals surface area contributed by atoms with Crippen molar-refractivity contribution in [3.8, 4) is 28.8 Å². The van der Waals surface area contributed by atoms with Gasteiger partial charge in [-0.2, -0.15) is 5.26 Å². The lowest BCUT2D eigenvalue weighted by Gasteiger charge is -2.36. The standard InChI is InChI=1S/C26H24N4O5/c1-5-35-24(32)26(18-8-12-20(34-4)13-9-18)14-16(2)28-25-29-22(21(15-27)23(31)30(25)26)17-6-10-19(33-3)11-7-17/h6-14H,5H2,1-4H3,(H,28,29). The third kappa shape index (κ3) is 3.89. The number of fused-ring (bicyclic) bond motifs is 1. The summed E-state index contributed by atoms with van der Waals surface area (Å²) in [6.07, 6.45) is 1.61. The number of esters is 1. The molecule has 0 amide bonds. The Balaban J connectivity index is 2.04. The molecule has 2 aromatic carbocycles. The van der Waals surface area contributed by atoms with E-state index >= 15 is 0 Å². The zero-order chi connectivity index (χ0) is 25.2. The van der Waals surface area contributed by atoms with Crippen molar-refractivity contribution in [2.45, 2.75) is 19.4 Å². The molecule has 1 aliphatic heterocycles. The number of carbonyl (C=O) groups is 1. The number of methoxy groups -OCH3 is 2. The lowest BCUT2D eigenvalue weighted by molar-refractivity contribution is -0.149. The van der Waals surface area contributed by atoms with Gasteiger partial charge in [-0.25, -0.2) is 9.78 Å². The molecule has 178 valence electrons. The highest BCUT2D eigenvalue weighted by Gasteiger charge is 2.47. The maximum Gasteiger partial charge on any atom is 0.341 e. The first-order valence-corrected chi connectivity index (χ1v) is 10.9. The predicted octanol–water partition coefficient (Wildman–Crippen LogP) is 3.44. The average Bonchev–Trinajstić information content (AvgIpc) is 2.88. The van der Waals surface area contributed by atoms with Gasteiger partial charge in [-0.1, -0.05) is 12.1 Å². The number of anilines is 1. The van der Waals surface area contributed by atoms with Gasteiger partial charge < -0.3 is 19.5 Å². The fourth-order valence-electron chi connectivity index (χ4n) is 4.15. The molecule has 4 rings (SSSR count). The highest BCUT2D eigenvalue weighted by atomic mass is 16.5. The molecule has 9 nitrogen and oxygen atoms in total. The third-order valence-electron chi connectivity index (χ3n) is 5.76. The Morgan fingerprint density at radius 2 is 1.69 bits per heavy atom. The summed E-state index contributed by atoms with van der Waals surface area (Å²) in [6.45, 7) is 3.55. The summed E-state index contributed by atoms with van der Waals surface area (Å²) < 4.78 is 17.1. The molecule has 0 saturated heterocycles. The molecule has 1 N–H and O–H groups in total. The van der Waals surface area contributed by atoms with E-state index in [0.717, 1.165) is 0 Å². The van der Waals surface area contributed by atoms with Gasteiger partial charge in [0.25, 0.3) is 5.56 Å². The molecule has 0 radical (unpaired) electrons. The van der Waals surface area contributed by atoms with Crippen LogP contribution in [0.3, 0.4) is 0 Å². The summed E-state index contributed by atoms with van der Waals surface area (Å²) in [7, 11) is 3.08. The van der Waals surface area contributed by atoms with E-state index in [1.807, 2.05) is 6.07 Å². The zero-order valence-electron chi connectivity index (χ0n) is 19.8. The molecule has 0 fully saturated rings. The summed E-state index contributed by atoms with van der Waals surface area (Å²) in [4.78, 5) is 32.0.